The third-order valence-corrected chi connectivity index (χ3v) is 4.96. The zero-order valence-corrected chi connectivity index (χ0v) is 16.1. The second-order valence-electron chi connectivity index (χ2n) is 7.06. The van der Waals surface area contributed by atoms with Gasteiger partial charge in [0.1, 0.15) is 5.75 Å². The van der Waals surface area contributed by atoms with Gasteiger partial charge in [-0.3, -0.25) is 9.59 Å². The Morgan fingerprint density at radius 2 is 1.96 bits per heavy atom. The van der Waals surface area contributed by atoms with Crippen LogP contribution in [-0.4, -0.2) is 30.4 Å². The molecule has 1 atom stereocenters. The van der Waals surface area contributed by atoms with Gasteiger partial charge in [0.2, 0.25) is 5.91 Å². The molecule has 27 heavy (non-hydrogen) atoms. The topological polar surface area (TPSA) is 58.6 Å². The van der Waals surface area contributed by atoms with Gasteiger partial charge in [-0.15, -0.1) is 0 Å². The molecule has 0 saturated carbocycles. The molecule has 5 nitrogen and oxygen atoms in total. The molecule has 3 rings (SSSR count). The maximum absolute atomic E-state index is 12.6. The summed E-state index contributed by atoms with van der Waals surface area (Å²) in [7, 11) is 1.63. The van der Waals surface area contributed by atoms with Crippen molar-refractivity contribution in [3.05, 3.63) is 64.7 Å². The van der Waals surface area contributed by atoms with Gasteiger partial charge in [-0.1, -0.05) is 29.8 Å². The number of rotatable bonds is 6. The normalized spacial score (nSPS) is 14.9. The molecule has 1 aliphatic rings. The van der Waals surface area contributed by atoms with Crippen LogP contribution in [0.2, 0.25) is 0 Å². The lowest BCUT2D eigenvalue weighted by atomic mass is 10.0. The van der Waals surface area contributed by atoms with E-state index in [0.29, 0.717) is 18.5 Å². The Kier molecular flexibility index (Phi) is 5.79. The van der Waals surface area contributed by atoms with Crippen LogP contribution in [0, 0.1) is 6.92 Å². The molecule has 2 aromatic rings. The van der Waals surface area contributed by atoms with Crippen molar-refractivity contribution in [2.75, 3.05) is 13.7 Å². The molecule has 2 amide bonds. The van der Waals surface area contributed by atoms with Crippen LogP contribution in [0.1, 0.15) is 52.9 Å². The van der Waals surface area contributed by atoms with E-state index in [1.54, 1.807) is 7.11 Å². The maximum Gasteiger partial charge on any atom is 0.251 e. The number of carbonyl (C=O) groups is 2. The summed E-state index contributed by atoms with van der Waals surface area (Å²) in [5.41, 5.74) is 3.71. The summed E-state index contributed by atoms with van der Waals surface area (Å²) >= 11 is 0. The molecule has 1 aliphatic heterocycles. The van der Waals surface area contributed by atoms with Crippen molar-refractivity contribution in [3.63, 3.8) is 0 Å². The van der Waals surface area contributed by atoms with Gasteiger partial charge in [0, 0.05) is 30.6 Å². The molecule has 0 bridgehead atoms. The van der Waals surface area contributed by atoms with E-state index in [1.807, 2.05) is 61.2 Å². The first kappa shape index (κ1) is 19.0. The molecular weight excluding hydrogens is 340 g/mol. The first-order valence-electron chi connectivity index (χ1n) is 9.30. The fourth-order valence-corrected chi connectivity index (χ4v) is 3.40. The average Bonchev–Trinajstić information content (AvgIpc) is 3.06. The number of ether oxygens (including phenoxy) is 1. The van der Waals surface area contributed by atoms with E-state index in [-0.39, 0.29) is 17.9 Å². The third kappa shape index (κ3) is 4.48. The summed E-state index contributed by atoms with van der Waals surface area (Å²) in [6, 6.07) is 13.2. The van der Waals surface area contributed by atoms with Crippen molar-refractivity contribution in [2.24, 2.45) is 0 Å². The molecule has 2 aromatic carbocycles. The van der Waals surface area contributed by atoms with E-state index >= 15 is 0 Å². The van der Waals surface area contributed by atoms with Gasteiger partial charge in [0.05, 0.1) is 13.2 Å². The minimum absolute atomic E-state index is 0.130. The fourth-order valence-electron chi connectivity index (χ4n) is 3.40. The summed E-state index contributed by atoms with van der Waals surface area (Å²) in [6.45, 7) is 5.39. The largest absolute Gasteiger partial charge is 0.496 e. The van der Waals surface area contributed by atoms with Crippen LogP contribution in [0.25, 0.3) is 0 Å². The van der Waals surface area contributed by atoms with Crippen molar-refractivity contribution in [2.45, 2.75) is 39.3 Å². The number of likely N-dealkylation sites (tertiary alicyclic amines) is 1. The molecule has 142 valence electrons. The highest BCUT2D eigenvalue weighted by atomic mass is 16.5. The number of benzene rings is 2. The zero-order valence-electron chi connectivity index (χ0n) is 16.1. The van der Waals surface area contributed by atoms with Gasteiger partial charge in [-0.2, -0.15) is 0 Å². The number of carbonyl (C=O) groups excluding carboxylic acids is 2. The SMILES string of the molecule is COc1ccc(C)cc1[C@H](C)NC(=O)c1ccc(CN2CCCC2=O)cc1. The predicted molar refractivity (Wildman–Crippen MR) is 105 cm³/mol. The molecule has 1 fully saturated rings. The number of hydrogen-bond donors (Lipinski definition) is 1. The first-order valence-corrected chi connectivity index (χ1v) is 9.30. The Morgan fingerprint density at radius 3 is 2.59 bits per heavy atom. The van der Waals surface area contributed by atoms with Crippen molar-refractivity contribution in [3.8, 4) is 5.75 Å². The molecule has 0 aliphatic carbocycles. The fraction of sp³-hybridized carbons (Fsp3) is 0.364. The van der Waals surface area contributed by atoms with Gasteiger partial charge < -0.3 is 15.0 Å². The van der Waals surface area contributed by atoms with Crippen LogP contribution >= 0.6 is 0 Å². The van der Waals surface area contributed by atoms with Crippen LogP contribution in [0.15, 0.2) is 42.5 Å². The lowest BCUT2D eigenvalue weighted by Gasteiger charge is -2.18. The van der Waals surface area contributed by atoms with E-state index in [4.69, 9.17) is 4.74 Å². The van der Waals surface area contributed by atoms with Gasteiger partial charge in [-0.25, -0.2) is 0 Å². The van der Waals surface area contributed by atoms with E-state index in [0.717, 1.165) is 35.4 Å². The van der Waals surface area contributed by atoms with Gasteiger partial charge in [-0.05, 0) is 44.0 Å². The Morgan fingerprint density at radius 1 is 1.22 bits per heavy atom. The third-order valence-electron chi connectivity index (χ3n) is 4.96. The predicted octanol–water partition coefficient (Wildman–Crippen LogP) is 3.62. The van der Waals surface area contributed by atoms with Crippen molar-refractivity contribution in [1.82, 2.24) is 10.2 Å². The lowest BCUT2D eigenvalue weighted by Crippen LogP contribution is -2.27. The molecule has 0 unspecified atom stereocenters. The molecule has 1 N–H and O–H groups in total. The highest BCUT2D eigenvalue weighted by molar-refractivity contribution is 5.94. The van der Waals surface area contributed by atoms with Gasteiger partial charge in [0.25, 0.3) is 5.91 Å². The molecule has 0 spiro atoms. The van der Waals surface area contributed by atoms with E-state index in [1.165, 1.54) is 0 Å². The average molecular weight is 366 g/mol. The van der Waals surface area contributed by atoms with Gasteiger partial charge in [0.15, 0.2) is 0 Å². The smallest absolute Gasteiger partial charge is 0.251 e. The number of aryl methyl sites for hydroxylation is 1. The second kappa shape index (κ2) is 8.25. The zero-order chi connectivity index (χ0) is 19.4. The Labute approximate surface area is 160 Å². The molecule has 0 aromatic heterocycles. The minimum atomic E-state index is -0.172. The quantitative estimate of drug-likeness (QED) is 0.849. The van der Waals surface area contributed by atoms with Crippen LogP contribution in [0.4, 0.5) is 0 Å². The van der Waals surface area contributed by atoms with E-state index in [9.17, 15) is 9.59 Å². The van der Waals surface area contributed by atoms with Crippen LogP contribution in [-0.2, 0) is 11.3 Å². The highest BCUT2D eigenvalue weighted by Gasteiger charge is 2.20. The van der Waals surface area contributed by atoms with E-state index < -0.39 is 0 Å². The summed E-state index contributed by atoms with van der Waals surface area (Å²) in [5, 5.41) is 3.03. The molecule has 1 heterocycles. The highest BCUT2D eigenvalue weighted by Crippen LogP contribution is 2.26. The van der Waals surface area contributed by atoms with Crippen molar-refractivity contribution < 1.29 is 14.3 Å². The Bertz CT molecular complexity index is 830. The monoisotopic (exact) mass is 366 g/mol. The number of nitrogens with one attached hydrogen (secondary N) is 1. The molecule has 5 heteroatoms. The first-order chi connectivity index (χ1) is 13.0. The molecular formula is C22H26N2O3. The number of hydrogen-bond acceptors (Lipinski definition) is 3. The van der Waals surface area contributed by atoms with Crippen LogP contribution in [0.5, 0.6) is 5.75 Å². The number of methoxy groups -OCH3 is 1. The summed E-state index contributed by atoms with van der Waals surface area (Å²) in [4.78, 5) is 26.2. The lowest BCUT2D eigenvalue weighted by molar-refractivity contribution is -0.128. The maximum atomic E-state index is 12.6. The summed E-state index contributed by atoms with van der Waals surface area (Å²) in [5.74, 6) is 0.839. The minimum Gasteiger partial charge on any atom is -0.496 e. The number of amides is 2. The second-order valence-corrected chi connectivity index (χ2v) is 7.06. The molecule has 1 saturated heterocycles. The van der Waals surface area contributed by atoms with Gasteiger partial charge >= 0.3 is 0 Å². The van der Waals surface area contributed by atoms with Crippen LogP contribution in [0.3, 0.4) is 0 Å². The van der Waals surface area contributed by atoms with Crippen molar-refractivity contribution in [1.29, 1.82) is 0 Å². The number of nitrogens with zero attached hydrogens (tertiary/aromatic N) is 1. The molecule has 0 radical (unpaired) electrons. The van der Waals surface area contributed by atoms with E-state index in [2.05, 4.69) is 5.32 Å². The Hall–Kier alpha value is -2.82. The Balaban J connectivity index is 1.65. The van der Waals surface area contributed by atoms with Crippen LogP contribution < -0.4 is 10.1 Å². The van der Waals surface area contributed by atoms with Crippen molar-refractivity contribution >= 4 is 11.8 Å². The summed E-state index contributed by atoms with van der Waals surface area (Å²) in [6.07, 6.45) is 1.57. The standard InChI is InChI=1S/C22H26N2O3/c1-15-6-11-20(27-3)19(13-15)16(2)23-22(26)18-9-7-17(8-10-18)14-24-12-4-5-21(24)25/h6-11,13,16H,4-5,12,14H2,1-3H3,(H,23,26)/t16-/m0/s1. The summed E-state index contributed by atoms with van der Waals surface area (Å²) < 4.78 is 5.41.